The normalized spacial score (nSPS) is 14.3. The van der Waals surface area contributed by atoms with Crippen molar-refractivity contribution >= 4 is 28.6 Å². The fourth-order valence-corrected chi connectivity index (χ4v) is 4.25. The van der Waals surface area contributed by atoms with Crippen LogP contribution in [0.3, 0.4) is 0 Å². The molecule has 1 amide bonds. The number of nitrogens with one attached hydrogen (secondary N) is 1. The lowest BCUT2D eigenvalue weighted by atomic mass is 10.1. The predicted octanol–water partition coefficient (Wildman–Crippen LogP) is 4.04. The van der Waals surface area contributed by atoms with Crippen LogP contribution in [0.2, 0.25) is 0 Å². The zero-order valence-corrected chi connectivity index (χ0v) is 16.2. The van der Waals surface area contributed by atoms with E-state index in [-0.39, 0.29) is 5.91 Å². The van der Waals surface area contributed by atoms with Gasteiger partial charge in [0, 0.05) is 35.9 Å². The smallest absolute Gasteiger partial charge is 0.238 e. The fraction of sp³-hybridized carbons (Fsp3) is 0.450. The molecule has 2 aromatic rings. The largest absolute Gasteiger partial charge is 0.372 e. The first-order valence-corrected chi connectivity index (χ1v) is 9.78. The van der Waals surface area contributed by atoms with Gasteiger partial charge in [-0.15, -0.1) is 11.3 Å². The van der Waals surface area contributed by atoms with Crippen molar-refractivity contribution in [1.29, 1.82) is 0 Å². The number of likely N-dealkylation sites (N-methyl/N-ethyl adjacent to an activating group) is 1. The number of hydrogen-bond acceptors (Lipinski definition) is 4. The van der Waals surface area contributed by atoms with Gasteiger partial charge >= 0.3 is 0 Å². The SMILES string of the molecule is Cc1cc(N2CCCC2)ccc1NC(=O)CN(C)Cc1sccc1C. The number of aryl methyl sites for hydroxylation is 2. The molecule has 3 rings (SSSR count). The Balaban J connectivity index is 1.56. The van der Waals surface area contributed by atoms with Crippen LogP contribution in [0.1, 0.15) is 28.8 Å². The van der Waals surface area contributed by atoms with Gasteiger partial charge in [0.2, 0.25) is 5.91 Å². The number of thiophene rings is 1. The van der Waals surface area contributed by atoms with Crippen LogP contribution >= 0.6 is 11.3 Å². The first kappa shape index (κ1) is 18.0. The van der Waals surface area contributed by atoms with E-state index in [2.05, 4.69) is 52.5 Å². The van der Waals surface area contributed by atoms with E-state index >= 15 is 0 Å². The minimum atomic E-state index is 0.0359. The van der Waals surface area contributed by atoms with Gasteiger partial charge in [-0.3, -0.25) is 9.69 Å². The first-order chi connectivity index (χ1) is 12.0. The van der Waals surface area contributed by atoms with E-state index < -0.39 is 0 Å². The van der Waals surface area contributed by atoms with Crippen LogP contribution in [0.5, 0.6) is 0 Å². The summed E-state index contributed by atoms with van der Waals surface area (Å²) in [6.07, 6.45) is 2.54. The van der Waals surface area contributed by atoms with Crippen LogP contribution in [-0.2, 0) is 11.3 Å². The Labute approximate surface area is 154 Å². The van der Waals surface area contributed by atoms with Crippen LogP contribution < -0.4 is 10.2 Å². The third kappa shape index (κ3) is 4.61. The number of carbonyl (C=O) groups is 1. The number of benzene rings is 1. The van der Waals surface area contributed by atoms with Crippen molar-refractivity contribution < 1.29 is 4.79 Å². The van der Waals surface area contributed by atoms with Crippen molar-refractivity contribution in [3.8, 4) is 0 Å². The molecule has 1 N–H and O–H groups in total. The number of amides is 1. The molecule has 0 radical (unpaired) electrons. The van der Waals surface area contributed by atoms with Gasteiger partial charge in [0.15, 0.2) is 0 Å². The Morgan fingerprint density at radius 2 is 1.96 bits per heavy atom. The van der Waals surface area contributed by atoms with Crippen molar-refractivity contribution in [2.24, 2.45) is 0 Å². The van der Waals surface area contributed by atoms with Gasteiger partial charge in [0.05, 0.1) is 6.54 Å². The lowest BCUT2D eigenvalue weighted by Crippen LogP contribution is -2.30. The van der Waals surface area contributed by atoms with Crippen molar-refractivity contribution in [3.63, 3.8) is 0 Å². The third-order valence-corrected chi connectivity index (χ3v) is 5.76. The molecular weight excluding hydrogens is 330 g/mol. The molecule has 1 aromatic carbocycles. The van der Waals surface area contributed by atoms with Gasteiger partial charge in [-0.1, -0.05) is 0 Å². The van der Waals surface area contributed by atoms with E-state index in [4.69, 9.17) is 0 Å². The Bertz CT molecular complexity index is 734. The van der Waals surface area contributed by atoms with Crippen LogP contribution in [0.4, 0.5) is 11.4 Å². The molecule has 1 fully saturated rings. The maximum absolute atomic E-state index is 12.4. The van der Waals surface area contributed by atoms with Crippen molar-refractivity contribution in [3.05, 3.63) is 45.6 Å². The van der Waals surface area contributed by atoms with Crippen LogP contribution in [0.15, 0.2) is 29.6 Å². The van der Waals surface area contributed by atoms with E-state index in [9.17, 15) is 4.79 Å². The zero-order chi connectivity index (χ0) is 17.8. The highest BCUT2D eigenvalue weighted by molar-refractivity contribution is 7.10. The second-order valence-electron chi connectivity index (χ2n) is 6.94. The quantitative estimate of drug-likeness (QED) is 0.848. The number of nitrogens with zero attached hydrogens (tertiary/aromatic N) is 2. The van der Waals surface area contributed by atoms with Crippen LogP contribution in [-0.4, -0.2) is 37.5 Å². The average molecular weight is 358 g/mol. The lowest BCUT2D eigenvalue weighted by molar-refractivity contribution is -0.117. The Morgan fingerprint density at radius 3 is 2.60 bits per heavy atom. The van der Waals surface area contributed by atoms with E-state index in [0.717, 1.165) is 30.9 Å². The maximum atomic E-state index is 12.4. The molecule has 1 aliphatic rings. The van der Waals surface area contributed by atoms with Gasteiger partial charge in [-0.05, 0) is 74.5 Å². The van der Waals surface area contributed by atoms with Gasteiger partial charge in [0.25, 0.3) is 0 Å². The topological polar surface area (TPSA) is 35.6 Å². The summed E-state index contributed by atoms with van der Waals surface area (Å²) in [5.41, 5.74) is 4.59. The first-order valence-electron chi connectivity index (χ1n) is 8.90. The summed E-state index contributed by atoms with van der Waals surface area (Å²) in [5, 5.41) is 5.16. The molecule has 1 aromatic heterocycles. The number of rotatable bonds is 6. The highest BCUT2D eigenvalue weighted by Gasteiger charge is 2.14. The molecule has 134 valence electrons. The standard InChI is InChI=1S/C20H27N3OS/c1-15-8-11-25-19(15)13-22(3)14-20(24)21-18-7-6-17(12-16(18)2)23-9-4-5-10-23/h6-8,11-12H,4-5,9-10,13-14H2,1-3H3,(H,21,24). The highest BCUT2D eigenvalue weighted by Crippen LogP contribution is 2.25. The number of anilines is 2. The van der Waals surface area contributed by atoms with E-state index in [1.807, 2.05) is 13.1 Å². The Hall–Kier alpha value is -1.85. The summed E-state index contributed by atoms with van der Waals surface area (Å²) in [7, 11) is 1.99. The fourth-order valence-electron chi connectivity index (χ4n) is 3.26. The molecule has 0 unspecified atom stereocenters. The summed E-state index contributed by atoms with van der Waals surface area (Å²) >= 11 is 1.75. The van der Waals surface area contributed by atoms with E-state index in [1.54, 1.807) is 11.3 Å². The molecule has 4 nitrogen and oxygen atoms in total. The van der Waals surface area contributed by atoms with Gasteiger partial charge in [-0.2, -0.15) is 0 Å². The zero-order valence-electron chi connectivity index (χ0n) is 15.3. The molecule has 1 aliphatic heterocycles. The van der Waals surface area contributed by atoms with Gasteiger partial charge < -0.3 is 10.2 Å². The summed E-state index contributed by atoms with van der Waals surface area (Å²) in [4.78, 5) is 18.2. The van der Waals surface area contributed by atoms with E-state index in [1.165, 1.54) is 29.0 Å². The lowest BCUT2D eigenvalue weighted by Gasteiger charge is -2.20. The van der Waals surface area contributed by atoms with Gasteiger partial charge in [-0.25, -0.2) is 0 Å². The van der Waals surface area contributed by atoms with E-state index in [0.29, 0.717) is 6.54 Å². The molecular formula is C20H27N3OS. The third-order valence-electron chi connectivity index (χ3n) is 4.75. The summed E-state index contributed by atoms with van der Waals surface area (Å²) < 4.78 is 0. The Morgan fingerprint density at radius 1 is 1.20 bits per heavy atom. The summed E-state index contributed by atoms with van der Waals surface area (Å²) in [6, 6.07) is 8.45. The van der Waals surface area contributed by atoms with Gasteiger partial charge in [0.1, 0.15) is 0 Å². The summed E-state index contributed by atoms with van der Waals surface area (Å²) in [6.45, 7) is 7.66. The molecule has 0 saturated carbocycles. The minimum Gasteiger partial charge on any atom is -0.372 e. The summed E-state index contributed by atoms with van der Waals surface area (Å²) in [5.74, 6) is 0.0359. The monoisotopic (exact) mass is 357 g/mol. The average Bonchev–Trinajstić information content (AvgIpc) is 3.22. The van der Waals surface area contributed by atoms with Crippen molar-refractivity contribution in [2.75, 3.05) is 36.9 Å². The predicted molar refractivity (Wildman–Crippen MR) is 107 cm³/mol. The molecule has 25 heavy (non-hydrogen) atoms. The molecule has 5 heteroatoms. The van der Waals surface area contributed by atoms with Crippen LogP contribution in [0, 0.1) is 13.8 Å². The highest BCUT2D eigenvalue weighted by atomic mass is 32.1. The second kappa shape index (κ2) is 8.02. The van der Waals surface area contributed by atoms with Crippen LogP contribution in [0.25, 0.3) is 0 Å². The number of hydrogen-bond donors (Lipinski definition) is 1. The molecule has 1 saturated heterocycles. The molecule has 2 heterocycles. The molecule has 0 atom stereocenters. The number of carbonyl (C=O) groups excluding carboxylic acids is 1. The molecule has 0 aliphatic carbocycles. The molecule has 0 bridgehead atoms. The molecule has 0 spiro atoms. The second-order valence-corrected chi connectivity index (χ2v) is 7.94. The van der Waals surface area contributed by atoms with Crippen molar-refractivity contribution in [1.82, 2.24) is 4.90 Å². The Kier molecular flexibility index (Phi) is 5.76. The minimum absolute atomic E-state index is 0.0359. The van der Waals surface area contributed by atoms with Crippen molar-refractivity contribution in [2.45, 2.75) is 33.2 Å². The maximum Gasteiger partial charge on any atom is 0.238 e.